The fraction of sp³-hybridized carbons (Fsp3) is 0.875. The maximum absolute atomic E-state index is 12.6. The average molecular weight is 375 g/mol. The van der Waals surface area contributed by atoms with Crippen LogP contribution in [0.3, 0.4) is 0 Å². The Balaban J connectivity index is 1.96. The van der Waals surface area contributed by atoms with E-state index in [0.29, 0.717) is 25.9 Å². The van der Waals surface area contributed by atoms with Gasteiger partial charge in [0.25, 0.3) is 0 Å². The molecular weight excluding hydrogens is 346 g/mol. The topological polar surface area (TPSA) is 96.0 Å². The minimum atomic E-state index is -3.26. The molecule has 0 aromatic carbocycles. The molecule has 2 atom stereocenters. The summed E-state index contributed by atoms with van der Waals surface area (Å²) in [7, 11) is -3.26. The van der Waals surface area contributed by atoms with Gasteiger partial charge in [-0.3, -0.25) is 9.69 Å². The largest absolute Gasteiger partial charge is 0.444 e. The van der Waals surface area contributed by atoms with Crippen molar-refractivity contribution in [3.8, 4) is 0 Å². The third-order valence-electron chi connectivity index (χ3n) is 4.38. The fourth-order valence-electron chi connectivity index (χ4n) is 3.24. The molecular formula is C16H29N3O5S. The molecule has 0 aromatic heterocycles. The third kappa shape index (κ3) is 5.57. The van der Waals surface area contributed by atoms with Crippen LogP contribution in [0, 0.1) is 0 Å². The highest BCUT2D eigenvalue weighted by atomic mass is 32.2. The predicted molar refractivity (Wildman–Crippen MR) is 93.5 cm³/mol. The molecule has 144 valence electrons. The second-order valence-corrected chi connectivity index (χ2v) is 9.78. The van der Waals surface area contributed by atoms with E-state index in [1.54, 1.807) is 20.8 Å². The summed E-state index contributed by atoms with van der Waals surface area (Å²) in [6.45, 7) is 6.63. The van der Waals surface area contributed by atoms with Gasteiger partial charge in [0.2, 0.25) is 15.9 Å². The van der Waals surface area contributed by atoms with Gasteiger partial charge in [0.15, 0.2) is 0 Å². The second-order valence-electron chi connectivity index (χ2n) is 7.80. The van der Waals surface area contributed by atoms with E-state index < -0.39 is 27.8 Å². The standard InChI is InChI=1S/C16H29N3O5S/c1-16(2,3)24-15(21)19-10-6-8-13(19)14(20)17-12-7-5-9-18(11-12)25(4,22)23/h12-13H,5-11H2,1-4H3,(H,17,20)/t12?,13-/m0/s1. The van der Waals surface area contributed by atoms with E-state index in [2.05, 4.69) is 5.32 Å². The number of amides is 2. The van der Waals surface area contributed by atoms with E-state index in [9.17, 15) is 18.0 Å². The molecule has 8 nitrogen and oxygen atoms in total. The van der Waals surface area contributed by atoms with Gasteiger partial charge in [0, 0.05) is 25.7 Å². The molecule has 0 aliphatic carbocycles. The van der Waals surface area contributed by atoms with Gasteiger partial charge in [-0.05, 0) is 46.5 Å². The van der Waals surface area contributed by atoms with Gasteiger partial charge in [0.05, 0.1) is 6.26 Å². The Morgan fingerprint density at radius 1 is 1.12 bits per heavy atom. The zero-order valence-electron chi connectivity index (χ0n) is 15.4. The highest BCUT2D eigenvalue weighted by Gasteiger charge is 2.38. The van der Waals surface area contributed by atoms with Gasteiger partial charge in [-0.15, -0.1) is 0 Å². The molecule has 2 aliphatic heterocycles. The first-order valence-corrected chi connectivity index (χ1v) is 10.6. The lowest BCUT2D eigenvalue weighted by atomic mass is 10.1. The fourth-order valence-corrected chi connectivity index (χ4v) is 4.15. The Labute approximate surface area is 149 Å². The molecule has 1 N–H and O–H groups in total. The highest BCUT2D eigenvalue weighted by Crippen LogP contribution is 2.22. The lowest BCUT2D eigenvalue weighted by molar-refractivity contribution is -0.126. The zero-order chi connectivity index (χ0) is 18.8. The Morgan fingerprint density at radius 3 is 2.36 bits per heavy atom. The maximum atomic E-state index is 12.6. The molecule has 2 amide bonds. The summed E-state index contributed by atoms with van der Waals surface area (Å²) in [6.07, 6.45) is 3.48. The third-order valence-corrected chi connectivity index (χ3v) is 5.65. The van der Waals surface area contributed by atoms with Crippen LogP contribution in [0.25, 0.3) is 0 Å². The number of hydrogen-bond donors (Lipinski definition) is 1. The zero-order valence-corrected chi connectivity index (χ0v) is 16.3. The summed E-state index contributed by atoms with van der Waals surface area (Å²) in [4.78, 5) is 26.4. The molecule has 0 bridgehead atoms. The number of piperidine rings is 1. The number of rotatable bonds is 3. The Bertz CT molecular complexity index is 614. The molecule has 2 heterocycles. The van der Waals surface area contributed by atoms with Gasteiger partial charge in [-0.25, -0.2) is 17.5 Å². The van der Waals surface area contributed by atoms with E-state index in [0.717, 1.165) is 12.8 Å². The number of sulfonamides is 1. The molecule has 2 saturated heterocycles. The van der Waals surface area contributed by atoms with Gasteiger partial charge in [-0.1, -0.05) is 0 Å². The minimum absolute atomic E-state index is 0.225. The molecule has 2 fully saturated rings. The summed E-state index contributed by atoms with van der Waals surface area (Å²) >= 11 is 0. The van der Waals surface area contributed by atoms with Gasteiger partial charge < -0.3 is 10.1 Å². The van der Waals surface area contributed by atoms with Crippen LogP contribution in [0.5, 0.6) is 0 Å². The molecule has 0 radical (unpaired) electrons. The van der Waals surface area contributed by atoms with Crippen molar-refractivity contribution in [3.05, 3.63) is 0 Å². The molecule has 0 saturated carbocycles. The van der Waals surface area contributed by atoms with Crippen LogP contribution in [0.15, 0.2) is 0 Å². The molecule has 9 heteroatoms. The highest BCUT2D eigenvalue weighted by molar-refractivity contribution is 7.88. The molecule has 25 heavy (non-hydrogen) atoms. The summed E-state index contributed by atoms with van der Waals surface area (Å²) in [5, 5.41) is 2.92. The molecule has 0 aromatic rings. The molecule has 1 unspecified atom stereocenters. The Kier molecular flexibility index (Phi) is 5.98. The van der Waals surface area contributed by atoms with Crippen LogP contribution in [0.1, 0.15) is 46.5 Å². The van der Waals surface area contributed by atoms with Gasteiger partial charge >= 0.3 is 6.09 Å². The first kappa shape index (κ1) is 20.0. The maximum Gasteiger partial charge on any atom is 0.410 e. The van der Waals surface area contributed by atoms with E-state index in [4.69, 9.17) is 4.74 Å². The van der Waals surface area contributed by atoms with E-state index in [1.807, 2.05) is 0 Å². The smallest absolute Gasteiger partial charge is 0.410 e. The summed E-state index contributed by atoms with van der Waals surface area (Å²) in [5.41, 5.74) is -0.611. The average Bonchev–Trinajstić information content (AvgIpc) is 2.94. The number of hydrogen-bond acceptors (Lipinski definition) is 5. The van der Waals surface area contributed by atoms with E-state index in [1.165, 1.54) is 15.5 Å². The van der Waals surface area contributed by atoms with Gasteiger partial charge in [0.1, 0.15) is 11.6 Å². The van der Waals surface area contributed by atoms with Crippen molar-refractivity contribution in [1.29, 1.82) is 0 Å². The lowest BCUT2D eigenvalue weighted by Gasteiger charge is -2.33. The minimum Gasteiger partial charge on any atom is -0.444 e. The van der Waals surface area contributed by atoms with E-state index in [-0.39, 0.29) is 18.5 Å². The second kappa shape index (κ2) is 7.49. The van der Waals surface area contributed by atoms with Crippen molar-refractivity contribution in [2.24, 2.45) is 0 Å². The Morgan fingerprint density at radius 2 is 1.76 bits per heavy atom. The lowest BCUT2D eigenvalue weighted by Crippen LogP contribution is -2.54. The number of ether oxygens (including phenoxy) is 1. The first-order chi connectivity index (χ1) is 11.5. The van der Waals surface area contributed by atoms with E-state index >= 15 is 0 Å². The number of nitrogens with zero attached hydrogens (tertiary/aromatic N) is 2. The molecule has 2 aliphatic rings. The molecule has 0 spiro atoms. The van der Waals surface area contributed by atoms with Crippen LogP contribution < -0.4 is 5.32 Å². The van der Waals surface area contributed by atoms with Crippen LogP contribution in [-0.2, 0) is 19.6 Å². The van der Waals surface area contributed by atoms with Crippen molar-refractivity contribution >= 4 is 22.0 Å². The number of carbonyl (C=O) groups excluding carboxylic acids is 2. The predicted octanol–water partition coefficient (Wildman–Crippen LogP) is 0.926. The van der Waals surface area contributed by atoms with Crippen molar-refractivity contribution in [1.82, 2.24) is 14.5 Å². The summed E-state index contributed by atoms with van der Waals surface area (Å²) < 4.78 is 30.1. The SMILES string of the molecule is CC(C)(C)OC(=O)N1CCC[C@H]1C(=O)NC1CCCN(S(C)(=O)=O)C1. The monoisotopic (exact) mass is 375 g/mol. The van der Waals surface area contributed by atoms with Crippen LogP contribution in [0.4, 0.5) is 4.79 Å². The first-order valence-electron chi connectivity index (χ1n) is 8.72. The number of carbonyl (C=O) groups is 2. The summed E-state index contributed by atoms with van der Waals surface area (Å²) in [6, 6.07) is -0.777. The van der Waals surface area contributed by atoms with Crippen molar-refractivity contribution < 1.29 is 22.7 Å². The van der Waals surface area contributed by atoms with Gasteiger partial charge in [-0.2, -0.15) is 0 Å². The quantitative estimate of drug-likeness (QED) is 0.791. The number of nitrogens with one attached hydrogen (secondary N) is 1. The van der Waals surface area contributed by atoms with Crippen molar-refractivity contribution in [2.75, 3.05) is 25.9 Å². The molecule has 2 rings (SSSR count). The number of likely N-dealkylation sites (tertiary alicyclic amines) is 1. The van der Waals surface area contributed by atoms with Crippen molar-refractivity contribution in [3.63, 3.8) is 0 Å². The Hall–Kier alpha value is -1.35. The van der Waals surface area contributed by atoms with Crippen LogP contribution >= 0.6 is 0 Å². The normalized spacial score (nSPS) is 25.7. The van der Waals surface area contributed by atoms with Crippen LogP contribution in [-0.4, -0.2) is 73.2 Å². The summed E-state index contributed by atoms with van der Waals surface area (Å²) in [5.74, 6) is -0.233. The van der Waals surface area contributed by atoms with Crippen molar-refractivity contribution in [2.45, 2.75) is 64.1 Å². The van der Waals surface area contributed by atoms with Crippen LogP contribution in [0.2, 0.25) is 0 Å².